The fourth-order valence-corrected chi connectivity index (χ4v) is 2.95. The van der Waals surface area contributed by atoms with E-state index in [-0.39, 0.29) is 0 Å². The summed E-state index contributed by atoms with van der Waals surface area (Å²) in [5, 5.41) is 7.48. The molecule has 3 N–H and O–H groups in total. The van der Waals surface area contributed by atoms with Crippen molar-refractivity contribution in [3.63, 3.8) is 0 Å². The maximum absolute atomic E-state index is 6.03. The van der Waals surface area contributed by atoms with Crippen molar-refractivity contribution in [2.75, 3.05) is 0 Å². The maximum Gasteiger partial charge on any atom is 0.189 e. The molecule has 1 aliphatic rings. The van der Waals surface area contributed by atoms with Crippen LogP contribution in [0.1, 0.15) is 44.1 Å². The van der Waals surface area contributed by atoms with Crippen LogP contribution in [0.2, 0.25) is 0 Å². The van der Waals surface area contributed by atoms with Crippen LogP contribution in [0.25, 0.3) is 5.69 Å². The zero-order valence-electron chi connectivity index (χ0n) is 13.4. The normalized spacial score (nSPS) is 17.0. The highest BCUT2D eigenvalue weighted by atomic mass is 15.3. The zero-order chi connectivity index (χ0) is 15.9. The molecule has 1 aromatic carbocycles. The minimum absolute atomic E-state index is 0.482. The molecule has 0 unspecified atom stereocenters. The van der Waals surface area contributed by atoms with Crippen molar-refractivity contribution in [2.45, 2.75) is 51.1 Å². The van der Waals surface area contributed by atoms with E-state index in [1.165, 1.54) is 44.9 Å². The van der Waals surface area contributed by atoms with Gasteiger partial charge in [-0.2, -0.15) is 5.10 Å². The van der Waals surface area contributed by atoms with E-state index in [1.807, 2.05) is 24.3 Å². The van der Waals surface area contributed by atoms with Gasteiger partial charge in [0.05, 0.1) is 12.2 Å². The van der Waals surface area contributed by atoms with E-state index in [1.54, 1.807) is 11.0 Å². The van der Waals surface area contributed by atoms with Gasteiger partial charge < -0.3 is 11.1 Å². The van der Waals surface area contributed by atoms with Gasteiger partial charge in [0.1, 0.15) is 12.7 Å². The van der Waals surface area contributed by atoms with Crippen LogP contribution in [0.15, 0.2) is 41.9 Å². The Morgan fingerprint density at radius 2 is 1.91 bits per heavy atom. The fraction of sp³-hybridized carbons (Fsp3) is 0.471. The molecule has 0 bridgehead atoms. The predicted molar refractivity (Wildman–Crippen MR) is 91.3 cm³/mol. The number of hydrogen-bond donors (Lipinski definition) is 2. The number of rotatable bonds is 4. The number of benzene rings is 1. The van der Waals surface area contributed by atoms with Crippen LogP contribution in [-0.2, 0) is 6.54 Å². The molecule has 0 amide bonds. The van der Waals surface area contributed by atoms with Crippen LogP contribution in [0.4, 0.5) is 0 Å². The second-order valence-electron chi connectivity index (χ2n) is 6.04. The Hall–Kier alpha value is -2.37. The summed E-state index contributed by atoms with van der Waals surface area (Å²) in [6.45, 7) is 0.586. The Balaban J connectivity index is 1.54. The van der Waals surface area contributed by atoms with Gasteiger partial charge in [0, 0.05) is 6.04 Å². The Morgan fingerprint density at radius 3 is 2.57 bits per heavy atom. The quantitative estimate of drug-likeness (QED) is 0.516. The molecule has 6 nitrogen and oxygen atoms in total. The van der Waals surface area contributed by atoms with Gasteiger partial charge in [-0.3, -0.25) is 0 Å². The van der Waals surface area contributed by atoms with E-state index in [9.17, 15) is 0 Å². The van der Waals surface area contributed by atoms with Gasteiger partial charge in [0.25, 0.3) is 0 Å². The van der Waals surface area contributed by atoms with Crippen molar-refractivity contribution in [2.24, 2.45) is 10.7 Å². The lowest BCUT2D eigenvalue weighted by atomic mass is 10.1. The standard InChI is InChI=1S/C17H24N6/c18-17(22-15-5-3-1-2-4-6-15)20-11-14-7-9-16(10-8-14)23-13-19-12-21-23/h7-10,12-13,15H,1-6,11H2,(H3,18,20,22). The van der Waals surface area contributed by atoms with Crippen molar-refractivity contribution in [1.29, 1.82) is 0 Å². The fourth-order valence-electron chi connectivity index (χ4n) is 2.95. The lowest BCUT2D eigenvalue weighted by Gasteiger charge is -2.16. The van der Waals surface area contributed by atoms with Gasteiger partial charge in [0.2, 0.25) is 0 Å². The molecule has 3 rings (SSSR count). The molecule has 23 heavy (non-hydrogen) atoms. The Labute approximate surface area is 136 Å². The molecule has 1 aliphatic carbocycles. The number of guanidine groups is 1. The van der Waals surface area contributed by atoms with Crippen molar-refractivity contribution < 1.29 is 0 Å². The first-order chi connectivity index (χ1) is 11.3. The van der Waals surface area contributed by atoms with Crippen molar-refractivity contribution in [1.82, 2.24) is 20.1 Å². The highest BCUT2D eigenvalue weighted by Crippen LogP contribution is 2.17. The number of nitrogens with zero attached hydrogens (tertiary/aromatic N) is 4. The van der Waals surface area contributed by atoms with Gasteiger partial charge in [0.15, 0.2) is 5.96 Å². The monoisotopic (exact) mass is 312 g/mol. The maximum atomic E-state index is 6.03. The molecule has 0 radical (unpaired) electrons. The number of nitrogens with two attached hydrogens (primary N) is 1. The lowest BCUT2D eigenvalue weighted by Crippen LogP contribution is -2.39. The second kappa shape index (κ2) is 7.76. The van der Waals surface area contributed by atoms with Crippen molar-refractivity contribution in [3.8, 4) is 5.69 Å². The summed E-state index contributed by atoms with van der Waals surface area (Å²) in [7, 11) is 0. The molecule has 0 saturated heterocycles. The molecule has 0 spiro atoms. The van der Waals surface area contributed by atoms with E-state index in [2.05, 4.69) is 20.4 Å². The lowest BCUT2D eigenvalue weighted by molar-refractivity contribution is 0.530. The van der Waals surface area contributed by atoms with Crippen molar-refractivity contribution in [3.05, 3.63) is 42.5 Å². The van der Waals surface area contributed by atoms with Crippen molar-refractivity contribution >= 4 is 5.96 Å². The average molecular weight is 312 g/mol. The molecule has 1 fully saturated rings. The van der Waals surface area contributed by atoms with E-state index in [4.69, 9.17) is 5.73 Å². The summed E-state index contributed by atoms with van der Waals surface area (Å²) in [5.74, 6) is 0.553. The van der Waals surface area contributed by atoms with Gasteiger partial charge in [-0.1, -0.05) is 37.8 Å². The topological polar surface area (TPSA) is 81.1 Å². The Kier molecular flexibility index (Phi) is 5.24. The summed E-state index contributed by atoms with van der Waals surface area (Å²) >= 11 is 0. The first kappa shape index (κ1) is 15.5. The number of hydrogen-bond acceptors (Lipinski definition) is 3. The highest BCUT2D eigenvalue weighted by molar-refractivity contribution is 5.78. The van der Waals surface area contributed by atoms with Gasteiger partial charge in [-0.25, -0.2) is 14.7 Å². The Morgan fingerprint density at radius 1 is 1.17 bits per heavy atom. The van der Waals surface area contributed by atoms with Gasteiger partial charge >= 0.3 is 0 Å². The van der Waals surface area contributed by atoms with E-state index < -0.39 is 0 Å². The third-order valence-electron chi connectivity index (χ3n) is 4.26. The average Bonchev–Trinajstić information content (AvgIpc) is 2.99. The van der Waals surface area contributed by atoms with Crippen LogP contribution in [-0.4, -0.2) is 26.8 Å². The first-order valence-electron chi connectivity index (χ1n) is 8.32. The van der Waals surface area contributed by atoms with Crippen LogP contribution in [0, 0.1) is 0 Å². The zero-order valence-corrected chi connectivity index (χ0v) is 13.4. The van der Waals surface area contributed by atoms with Crippen LogP contribution >= 0.6 is 0 Å². The molecule has 0 aliphatic heterocycles. The largest absolute Gasteiger partial charge is 0.370 e. The highest BCUT2D eigenvalue weighted by Gasteiger charge is 2.12. The minimum Gasteiger partial charge on any atom is -0.370 e. The molecule has 1 aromatic heterocycles. The number of nitrogens with one attached hydrogen (secondary N) is 1. The summed E-state index contributed by atoms with van der Waals surface area (Å²) in [6, 6.07) is 8.58. The molecule has 1 saturated carbocycles. The molecule has 0 atom stereocenters. The summed E-state index contributed by atoms with van der Waals surface area (Å²) in [6.07, 6.45) is 10.9. The second-order valence-corrected chi connectivity index (χ2v) is 6.04. The van der Waals surface area contributed by atoms with Crippen LogP contribution in [0.5, 0.6) is 0 Å². The van der Waals surface area contributed by atoms with Gasteiger partial charge in [-0.05, 0) is 30.5 Å². The summed E-state index contributed by atoms with van der Waals surface area (Å²) < 4.78 is 1.73. The van der Waals surface area contributed by atoms with E-state index in [0.29, 0.717) is 18.5 Å². The van der Waals surface area contributed by atoms with E-state index in [0.717, 1.165) is 11.3 Å². The molecular formula is C17H24N6. The molecule has 6 heteroatoms. The van der Waals surface area contributed by atoms with E-state index >= 15 is 0 Å². The predicted octanol–water partition coefficient (Wildman–Crippen LogP) is 2.39. The molecule has 122 valence electrons. The summed E-state index contributed by atoms with van der Waals surface area (Å²) in [4.78, 5) is 8.41. The summed E-state index contributed by atoms with van der Waals surface area (Å²) in [5.41, 5.74) is 8.14. The smallest absolute Gasteiger partial charge is 0.189 e. The third kappa shape index (κ3) is 4.55. The molecule has 1 heterocycles. The third-order valence-corrected chi connectivity index (χ3v) is 4.26. The minimum atomic E-state index is 0.482. The molecule has 2 aromatic rings. The first-order valence-corrected chi connectivity index (χ1v) is 8.32. The van der Waals surface area contributed by atoms with Crippen LogP contribution < -0.4 is 11.1 Å². The number of aliphatic imine (C=N–C) groups is 1. The Bertz CT molecular complexity index is 609. The molecular weight excluding hydrogens is 288 g/mol. The number of aromatic nitrogens is 3. The van der Waals surface area contributed by atoms with Gasteiger partial charge in [-0.15, -0.1) is 0 Å². The SMILES string of the molecule is NC(=NCc1ccc(-n2cncn2)cc1)NC1CCCCCC1. The van der Waals surface area contributed by atoms with Crippen LogP contribution in [0.3, 0.4) is 0 Å².